The van der Waals surface area contributed by atoms with E-state index in [0.29, 0.717) is 22.6 Å². The minimum atomic E-state index is -0.646. The van der Waals surface area contributed by atoms with E-state index in [1.165, 1.54) is 13.3 Å². The first-order chi connectivity index (χ1) is 16.5. The Kier molecular flexibility index (Phi) is 6.25. The van der Waals surface area contributed by atoms with Gasteiger partial charge >= 0.3 is 5.97 Å². The van der Waals surface area contributed by atoms with Gasteiger partial charge in [0.1, 0.15) is 0 Å². The molecule has 13 nitrogen and oxygen atoms in total. The predicted molar refractivity (Wildman–Crippen MR) is 118 cm³/mol. The molecule has 0 saturated carbocycles. The summed E-state index contributed by atoms with van der Waals surface area (Å²) in [6, 6.07) is 13.5. The molecule has 34 heavy (non-hydrogen) atoms. The Labute approximate surface area is 192 Å². The van der Waals surface area contributed by atoms with E-state index in [0.717, 1.165) is 4.68 Å². The summed E-state index contributed by atoms with van der Waals surface area (Å²) in [4.78, 5) is 25.3. The van der Waals surface area contributed by atoms with Gasteiger partial charge in [-0.2, -0.15) is 9.78 Å². The van der Waals surface area contributed by atoms with E-state index < -0.39 is 11.9 Å². The number of methoxy groups -OCH3 is 1. The highest BCUT2D eigenvalue weighted by Crippen LogP contribution is 2.30. The van der Waals surface area contributed by atoms with Crippen LogP contribution in [0.3, 0.4) is 0 Å². The van der Waals surface area contributed by atoms with Gasteiger partial charge in [0, 0.05) is 5.56 Å². The molecule has 0 aliphatic rings. The summed E-state index contributed by atoms with van der Waals surface area (Å²) in [5.74, 6) is -0.825. The molecule has 2 aromatic carbocycles. The van der Waals surface area contributed by atoms with E-state index in [1.807, 2.05) is 0 Å². The van der Waals surface area contributed by atoms with Gasteiger partial charge in [-0.3, -0.25) is 4.79 Å². The van der Waals surface area contributed by atoms with Crippen LogP contribution in [0.4, 0.5) is 5.82 Å². The lowest BCUT2D eigenvalue weighted by Crippen LogP contribution is -2.23. The van der Waals surface area contributed by atoms with Crippen molar-refractivity contribution >= 4 is 23.9 Å². The van der Waals surface area contributed by atoms with Crippen molar-refractivity contribution < 1.29 is 23.7 Å². The van der Waals surface area contributed by atoms with E-state index in [4.69, 9.17) is 15.2 Å². The molecular weight excluding hydrogens is 444 g/mol. The highest BCUT2D eigenvalue weighted by Gasteiger charge is 2.23. The summed E-state index contributed by atoms with van der Waals surface area (Å²) >= 11 is 0. The number of benzene rings is 2. The summed E-state index contributed by atoms with van der Waals surface area (Å²) in [6.45, 7) is 1.58. The van der Waals surface area contributed by atoms with Crippen molar-refractivity contribution in [1.29, 1.82) is 0 Å². The number of para-hydroxylation sites is 1. The molecule has 3 N–H and O–H groups in total. The molecule has 4 rings (SSSR count). The van der Waals surface area contributed by atoms with Gasteiger partial charge < -0.3 is 15.2 Å². The van der Waals surface area contributed by atoms with E-state index in [-0.39, 0.29) is 23.1 Å². The zero-order chi connectivity index (χ0) is 24.1. The van der Waals surface area contributed by atoms with E-state index >= 15 is 0 Å². The first-order valence-electron chi connectivity index (χ1n) is 9.78. The molecule has 0 bridgehead atoms. The van der Waals surface area contributed by atoms with Crippen LogP contribution in [0.1, 0.15) is 32.1 Å². The molecule has 0 unspecified atom stereocenters. The number of aromatic nitrogens is 5. The molecule has 0 aliphatic carbocycles. The molecule has 13 heteroatoms. The van der Waals surface area contributed by atoms with Crippen LogP contribution in [-0.2, 0) is 0 Å². The first kappa shape index (κ1) is 22.1. The average Bonchev–Trinajstić information content (AvgIpc) is 3.45. The van der Waals surface area contributed by atoms with E-state index in [9.17, 15) is 9.59 Å². The fraction of sp³-hybridized carbons (Fsp3) is 0.0952. The summed E-state index contributed by atoms with van der Waals surface area (Å²) in [5, 5.41) is 18.8. The van der Waals surface area contributed by atoms with Crippen molar-refractivity contribution in [2.75, 3.05) is 12.8 Å². The van der Waals surface area contributed by atoms with Crippen LogP contribution in [0.25, 0.3) is 5.82 Å². The van der Waals surface area contributed by atoms with Crippen LogP contribution in [0.15, 0.2) is 58.3 Å². The second kappa shape index (κ2) is 9.60. The number of anilines is 1. The number of esters is 1. The van der Waals surface area contributed by atoms with Crippen LogP contribution in [0, 0.1) is 6.92 Å². The number of carbonyl (C=O) groups is 2. The molecule has 0 aliphatic heterocycles. The number of hydrazone groups is 1. The number of hydrogen-bond donors (Lipinski definition) is 2. The zero-order valence-corrected chi connectivity index (χ0v) is 18.0. The predicted octanol–water partition coefficient (Wildman–Crippen LogP) is 1.53. The fourth-order valence-corrected chi connectivity index (χ4v) is 2.95. The number of aryl methyl sites for hydroxylation is 1. The molecule has 172 valence electrons. The number of nitrogens with two attached hydrogens (primary N) is 1. The normalized spacial score (nSPS) is 10.9. The van der Waals surface area contributed by atoms with Gasteiger partial charge in [0.15, 0.2) is 17.2 Å². The van der Waals surface area contributed by atoms with Crippen LogP contribution >= 0.6 is 0 Å². The van der Waals surface area contributed by atoms with Crippen molar-refractivity contribution in [2.45, 2.75) is 6.92 Å². The second-order valence-corrected chi connectivity index (χ2v) is 6.74. The maximum Gasteiger partial charge on any atom is 0.343 e. The maximum absolute atomic E-state index is 12.8. The third kappa shape index (κ3) is 4.43. The number of hydrogen-bond acceptors (Lipinski definition) is 11. The maximum atomic E-state index is 12.8. The fourth-order valence-electron chi connectivity index (χ4n) is 2.95. The zero-order valence-electron chi connectivity index (χ0n) is 18.0. The van der Waals surface area contributed by atoms with Crippen LogP contribution in [0.5, 0.6) is 11.5 Å². The molecule has 1 amide bonds. The molecule has 0 saturated heterocycles. The topological polar surface area (TPSA) is 173 Å². The smallest absolute Gasteiger partial charge is 0.343 e. The van der Waals surface area contributed by atoms with Crippen LogP contribution in [0.2, 0.25) is 0 Å². The summed E-state index contributed by atoms with van der Waals surface area (Å²) < 4.78 is 16.5. The molecular formula is C21H18N8O5. The van der Waals surface area contributed by atoms with E-state index in [1.54, 1.807) is 55.5 Å². The lowest BCUT2D eigenvalue weighted by atomic mass is 10.2. The Morgan fingerprint density at radius 2 is 1.94 bits per heavy atom. The Balaban J connectivity index is 1.56. The molecule has 2 aromatic heterocycles. The van der Waals surface area contributed by atoms with Gasteiger partial charge in [-0.25, -0.2) is 14.8 Å². The summed E-state index contributed by atoms with van der Waals surface area (Å²) in [6.07, 6.45) is 1.31. The second-order valence-electron chi connectivity index (χ2n) is 6.74. The van der Waals surface area contributed by atoms with Crippen LogP contribution < -0.4 is 20.6 Å². The van der Waals surface area contributed by atoms with Crippen molar-refractivity contribution in [2.24, 2.45) is 5.10 Å². The van der Waals surface area contributed by atoms with Gasteiger partial charge in [-0.1, -0.05) is 29.5 Å². The molecule has 2 heterocycles. The number of rotatable bonds is 7. The van der Waals surface area contributed by atoms with Crippen molar-refractivity contribution in [3.63, 3.8) is 0 Å². The highest BCUT2D eigenvalue weighted by molar-refractivity contribution is 5.96. The number of amides is 1. The first-order valence-corrected chi connectivity index (χ1v) is 9.78. The van der Waals surface area contributed by atoms with Crippen molar-refractivity contribution in [3.8, 4) is 17.3 Å². The average molecular weight is 462 g/mol. The lowest BCUT2D eigenvalue weighted by molar-refractivity contribution is 0.0729. The van der Waals surface area contributed by atoms with Gasteiger partial charge in [0.05, 0.1) is 24.6 Å². The van der Waals surface area contributed by atoms with Gasteiger partial charge in [-0.15, -0.1) is 5.10 Å². The number of nitrogens with one attached hydrogen (secondary N) is 1. The lowest BCUT2D eigenvalue weighted by Gasteiger charge is -2.11. The minimum absolute atomic E-state index is 0.0117. The number of ether oxygens (including phenoxy) is 2. The quantitative estimate of drug-likeness (QED) is 0.177. The third-order valence-electron chi connectivity index (χ3n) is 4.55. The minimum Gasteiger partial charge on any atom is -0.493 e. The Morgan fingerprint density at radius 3 is 2.65 bits per heavy atom. The summed E-state index contributed by atoms with van der Waals surface area (Å²) in [5.41, 5.74) is 9.14. The van der Waals surface area contributed by atoms with Crippen molar-refractivity contribution in [1.82, 2.24) is 30.7 Å². The van der Waals surface area contributed by atoms with Crippen molar-refractivity contribution in [3.05, 3.63) is 71.0 Å². The molecule has 0 fully saturated rings. The van der Waals surface area contributed by atoms with Crippen LogP contribution in [-0.4, -0.2) is 50.5 Å². The standard InChI is InChI=1S/C21H18N8O5/c1-12-16(29(28-24-12)19-18(22)26-34-27-19)20(30)25-23-11-14-9-6-10-15(32-2)17(14)33-21(31)13-7-4-3-5-8-13/h3-11H,1-2H3,(H2,22,26)(H,25,30)/b23-11-. The third-order valence-corrected chi connectivity index (χ3v) is 4.55. The molecule has 0 spiro atoms. The number of nitrogens with zero attached hydrogens (tertiary/aromatic N) is 6. The van der Waals surface area contributed by atoms with Gasteiger partial charge in [0.2, 0.25) is 11.6 Å². The SMILES string of the molecule is COc1cccc(/C=N\NC(=O)c2c(C)nnn2-c2nonc2N)c1OC(=O)c1ccccc1. The van der Waals surface area contributed by atoms with E-state index in [2.05, 4.69) is 35.8 Å². The van der Waals surface area contributed by atoms with Gasteiger partial charge in [0.25, 0.3) is 5.91 Å². The largest absolute Gasteiger partial charge is 0.493 e. The summed E-state index contributed by atoms with van der Waals surface area (Å²) in [7, 11) is 1.44. The molecule has 4 aromatic rings. The highest BCUT2D eigenvalue weighted by atomic mass is 16.6. The Hall–Kier alpha value is -5.07. The number of carbonyl (C=O) groups excluding carboxylic acids is 2. The Morgan fingerprint density at radius 1 is 1.15 bits per heavy atom. The Bertz CT molecular complexity index is 1360. The molecule has 0 atom stereocenters. The monoisotopic (exact) mass is 462 g/mol. The number of nitrogen functional groups attached to an aromatic ring is 1. The molecule has 0 radical (unpaired) electrons. The van der Waals surface area contributed by atoms with Gasteiger partial charge in [-0.05, 0) is 41.5 Å².